The molecule has 29 heavy (non-hydrogen) atoms. The molecule has 0 fully saturated rings. The summed E-state index contributed by atoms with van der Waals surface area (Å²) in [6.07, 6.45) is -0.827. The zero-order valence-corrected chi connectivity index (χ0v) is 15.7. The molecule has 0 saturated heterocycles. The van der Waals surface area contributed by atoms with Crippen molar-refractivity contribution in [2.45, 2.75) is 44.9 Å². The monoisotopic (exact) mass is 413 g/mol. The van der Waals surface area contributed by atoms with Gasteiger partial charge in [-0.05, 0) is 31.5 Å². The van der Waals surface area contributed by atoms with Gasteiger partial charge in [-0.1, -0.05) is 6.92 Å². The van der Waals surface area contributed by atoms with Gasteiger partial charge in [-0.3, -0.25) is 4.98 Å². The standard InChI is InChI=1S/C20H20F5N3O/c1-3-11-4-12(8-26-11)28-10(2)13-5-17(22)14(6-16(13)21)18-7-15(20(23,24)25)19(29)9-27-18/h5-11,26,28-29H,3-4H2,1-2H3/t10?,11-/m0/s1. The molecule has 1 aliphatic rings. The molecule has 9 heteroatoms. The Morgan fingerprint density at radius 3 is 2.59 bits per heavy atom. The molecule has 0 saturated carbocycles. The van der Waals surface area contributed by atoms with Crippen molar-refractivity contribution in [3.05, 3.63) is 59.1 Å². The van der Waals surface area contributed by atoms with Crippen LogP contribution in [0, 0.1) is 11.6 Å². The lowest BCUT2D eigenvalue weighted by atomic mass is 10.0. The summed E-state index contributed by atoms with van der Waals surface area (Å²) in [7, 11) is 0. The fourth-order valence-electron chi connectivity index (χ4n) is 3.23. The van der Waals surface area contributed by atoms with Crippen LogP contribution in [-0.4, -0.2) is 16.1 Å². The Balaban J connectivity index is 1.88. The van der Waals surface area contributed by atoms with Crippen LogP contribution in [0.25, 0.3) is 11.3 Å². The summed E-state index contributed by atoms with van der Waals surface area (Å²) < 4.78 is 68.2. The molecular weight excluding hydrogens is 393 g/mol. The maximum atomic E-state index is 14.7. The molecule has 2 aromatic rings. The third-order valence-electron chi connectivity index (χ3n) is 4.87. The van der Waals surface area contributed by atoms with Gasteiger partial charge in [0.15, 0.2) is 0 Å². The van der Waals surface area contributed by atoms with Crippen LogP contribution in [0.15, 0.2) is 36.3 Å². The van der Waals surface area contributed by atoms with Gasteiger partial charge in [0.05, 0.1) is 17.9 Å². The first kappa shape index (κ1) is 20.9. The number of rotatable bonds is 5. The highest BCUT2D eigenvalue weighted by molar-refractivity contribution is 5.63. The molecule has 0 spiro atoms. The number of aromatic hydroxyl groups is 1. The van der Waals surface area contributed by atoms with Gasteiger partial charge >= 0.3 is 6.18 Å². The first-order chi connectivity index (χ1) is 13.6. The topological polar surface area (TPSA) is 57.2 Å². The minimum absolute atomic E-state index is 0.0434. The summed E-state index contributed by atoms with van der Waals surface area (Å²) in [5, 5.41) is 15.7. The van der Waals surface area contributed by atoms with E-state index in [4.69, 9.17) is 0 Å². The Hall–Kier alpha value is -2.84. The van der Waals surface area contributed by atoms with Gasteiger partial charge in [0, 0.05) is 35.5 Å². The van der Waals surface area contributed by atoms with Crippen molar-refractivity contribution in [1.29, 1.82) is 0 Å². The quantitative estimate of drug-likeness (QED) is 0.603. The third kappa shape index (κ3) is 4.44. The molecule has 1 aliphatic heterocycles. The van der Waals surface area contributed by atoms with Crippen molar-refractivity contribution in [2.75, 3.05) is 0 Å². The number of aromatic nitrogens is 1. The lowest BCUT2D eigenvalue weighted by Crippen LogP contribution is -2.20. The second-order valence-electron chi connectivity index (χ2n) is 6.95. The predicted octanol–water partition coefficient (Wildman–Crippen LogP) is 5.02. The minimum atomic E-state index is -4.85. The normalized spacial score (nSPS) is 17.6. The molecule has 0 radical (unpaired) electrons. The van der Waals surface area contributed by atoms with E-state index in [0.29, 0.717) is 12.3 Å². The number of halogens is 5. The summed E-state index contributed by atoms with van der Waals surface area (Å²) in [5.41, 5.74) is -1.30. The summed E-state index contributed by atoms with van der Waals surface area (Å²) >= 11 is 0. The number of benzene rings is 1. The molecule has 156 valence electrons. The van der Waals surface area contributed by atoms with Crippen LogP contribution in [0.1, 0.15) is 43.9 Å². The Morgan fingerprint density at radius 2 is 1.97 bits per heavy atom. The maximum absolute atomic E-state index is 14.7. The average Bonchev–Trinajstić information content (AvgIpc) is 3.10. The highest BCUT2D eigenvalue weighted by Crippen LogP contribution is 2.38. The van der Waals surface area contributed by atoms with Crippen molar-refractivity contribution in [2.24, 2.45) is 0 Å². The highest BCUT2D eigenvalue weighted by atomic mass is 19.4. The summed E-state index contributed by atoms with van der Waals surface area (Å²) in [4.78, 5) is 3.61. The Bertz CT molecular complexity index is 942. The minimum Gasteiger partial charge on any atom is -0.506 e. The predicted molar refractivity (Wildman–Crippen MR) is 97.7 cm³/mol. The van der Waals surface area contributed by atoms with E-state index in [9.17, 15) is 27.1 Å². The average molecular weight is 413 g/mol. The second-order valence-corrected chi connectivity index (χ2v) is 6.95. The van der Waals surface area contributed by atoms with Gasteiger partial charge in [0.25, 0.3) is 0 Å². The van der Waals surface area contributed by atoms with E-state index in [2.05, 4.69) is 15.6 Å². The number of pyridine rings is 1. The summed E-state index contributed by atoms with van der Waals surface area (Å²) in [5.74, 6) is -2.77. The third-order valence-corrected chi connectivity index (χ3v) is 4.87. The number of nitrogens with one attached hydrogen (secondary N) is 2. The van der Waals surface area contributed by atoms with Crippen molar-refractivity contribution < 1.29 is 27.1 Å². The van der Waals surface area contributed by atoms with Crippen molar-refractivity contribution in [3.8, 4) is 17.0 Å². The lowest BCUT2D eigenvalue weighted by Gasteiger charge is -2.18. The zero-order chi connectivity index (χ0) is 21.3. The molecule has 1 aromatic heterocycles. The molecular formula is C20H20F5N3O. The van der Waals surface area contributed by atoms with E-state index >= 15 is 0 Å². The molecule has 3 rings (SSSR count). The number of alkyl halides is 3. The van der Waals surface area contributed by atoms with Crippen LogP contribution in [0.4, 0.5) is 22.0 Å². The molecule has 3 N–H and O–H groups in total. The smallest absolute Gasteiger partial charge is 0.420 e. The number of hydrogen-bond acceptors (Lipinski definition) is 4. The molecule has 4 nitrogen and oxygen atoms in total. The van der Waals surface area contributed by atoms with E-state index in [1.165, 1.54) is 0 Å². The van der Waals surface area contributed by atoms with Crippen molar-refractivity contribution >= 4 is 0 Å². The van der Waals surface area contributed by atoms with Gasteiger partial charge in [-0.2, -0.15) is 13.2 Å². The Labute approximate surface area is 164 Å². The molecule has 1 aromatic carbocycles. The van der Waals surface area contributed by atoms with E-state index in [1.807, 2.05) is 6.92 Å². The van der Waals surface area contributed by atoms with E-state index in [1.54, 1.807) is 13.1 Å². The Morgan fingerprint density at radius 1 is 1.24 bits per heavy atom. The van der Waals surface area contributed by atoms with E-state index < -0.39 is 46.4 Å². The van der Waals surface area contributed by atoms with Gasteiger partial charge in [-0.15, -0.1) is 0 Å². The molecule has 1 unspecified atom stereocenters. The SMILES string of the molecule is CC[C@H]1CC(NC(C)c2cc(F)c(-c3cc(C(F)(F)F)c(O)cn3)cc2F)=CN1. The molecule has 2 atom stereocenters. The largest absolute Gasteiger partial charge is 0.506 e. The van der Waals surface area contributed by atoms with Crippen LogP contribution < -0.4 is 10.6 Å². The fourth-order valence-corrected chi connectivity index (χ4v) is 3.23. The van der Waals surface area contributed by atoms with Gasteiger partial charge in [0.1, 0.15) is 22.9 Å². The van der Waals surface area contributed by atoms with Gasteiger partial charge in [-0.25, -0.2) is 8.78 Å². The number of nitrogens with zero attached hydrogens (tertiary/aromatic N) is 1. The summed E-state index contributed by atoms with van der Waals surface area (Å²) in [6.45, 7) is 3.70. The lowest BCUT2D eigenvalue weighted by molar-refractivity contribution is -0.138. The first-order valence-corrected chi connectivity index (χ1v) is 9.07. The summed E-state index contributed by atoms with van der Waals surface area (Å²) in [6, 6.07) is 2.00. The van der Waals surface area contributed by atoms with Crippen LogP contribution in [-0.2, 0) is 6.18 Å². The van der Waals surface area contributed by atoms with Crippen molar-refractivity contribution in [1.82, 2.24) is 15.6 Å². The second kappa shape index (κ2) is 7.88. The Kier molecular flexibility index (Phi) is 5.68. The number of hydrogen-bond donors (Lipinski definition) is 3. The van der Waals surface area contributed by atoms with Crippen molar-refractivity contribution in [3.63, 3.8) is 0 Å². The van der Waals surface area contributed by atoms with Crippen LogP contribution >= 0.6 is 0 Å². The first-order valence-electron chi connectivity index (χ1n) is 9.07. The fraction of sp³-hybridized carbons (Fsp3) is 0.350. The molecule has 0 aliphatic carbocycles. The molecule has 0 bridgehead atoms. The van der Waals surface area contributed by atoms with Crippen LogP contribution in [0.2, 0.25) is 0 Å². The van der Waals surface area contributed by atoms with E-state index in [0.717, 1.165) is 30.7 Å². The van der Waals surface area contributed by atoms with Gasteiger partial charge in [0.2, 0.25) is 0 Å². The molecule has 0 amide bonds. The van der Waals surface area contributed by atoms with Crippen LogP contribution in [0.3, 0.4) is 0 Å². The molecule has 2 heterocycles. The highest BCUT2D eigenvalue weighted by Gasteiger charge is 2.35. The zero-order valence-electron chi connectivity index (χ0n) is 15.7. The van der Waals surface area contributed by atoms with Crippen LogP contribution in [0.5, 0.6) is 5.75 Å². The van der Waals surface area contributed by atoms with Gasteiger partial charge < -0.3 is 15.7 Å². The van der Waals surface area contributed by atoms with E-state index in [-0.39, 0.29) is 11.6 Å². The maximum Gasteiger partial charge on any atom is 0.420 e.